The number of esters is 1. The van der Waals surface area contributed by atoms with Gasteiger partial charge >= 0.3 is 5.97 Å². The van der Waals surface area contributed by atoms with E-state index in [2.05, 4.69) is 5.32 Å². The van der Waals surface area contributed by atoms with E-state index in [0.717, 1.165) is 34.0 Å². The van der Waals surface area contributed by atoms with E-state index in [1.54, 1.807) is 25.4 Å². The first-order valence-electron chi connectivity index (χ1n) is 10.1. The highest BCUT2D eigenvalue weighted by atomic mass is 32.1. The minimum atomic E-state index is -0.371. The molecule has 6 heteroatoms. The molecule has 2 aliphatic rings. The van der Waals surface area contributed by atoms with E-state index in [0.29, 0.717) is 24.2 Å². The molecule has 156 valence electrons. The number of thiophene rings is 1. The van der Waals surface area contributed by atoms with Gasteiger partial charge in [-0.05, 0) is 55.3 Å². The van der Waals surface area contributed by atoms with E-state index >= 15 is 0 Å². The van der Waals surface area contributed by atoms with Crippen molar-refractivity contribution in [3.63, 3.8) is 0 Å². The first-order chi connectivity index (χ1) is 14.5. The maximum atomic E-state index is 13.4. The summed E-state index contributed by atoms with van der Waals surface area (Å²) in [6.45, 7) is 3.98. The lowest BCUT2D eigenvalue weighted by molar-refractivity contribution is -0.138. The van der Waals surface area contributed by atoms with Crippen LogP contribution in [0, 0.1) is 0 Å². The number of carbonyl (C=O) groups is 2. The van der Waals surface area contributed by atoms with E-state index in [4.69, 9.17) is 9.47 Å². The topological polar surface area (TPSA) is 64.6 Å². The van der Waals surface area contributed by atoms with E-state index in [9.17, 15) is 9.59 Å². The molecule has 4 rings (SSSR count). The van der Waals surface area contributed by atoms with E-state index in [1.165, 1.54) is 0 Å². The molecule has 1 aromatic carbocycles. The first kappa shape index (κ1) is 20.4. The van der Waals surface area contributed by atoms with Gasteiger partial charge in [-0.1, -0.05) is 18.2 Å². The zero-order chi connectivity index (χ0) is 21.3. The number of Topliss-reactive ketones (excluding diaryl/α,β-unsaturated/α-hetero) is 1. The molecule has 5 nitrogen and oxygen atoms in total. The molecule has 1 N–H and O–H groups in total. The van der Waals surface area contributed by atoms with Crippen LogP contribution in [0.1, 0.15) is 49.0 Å². The SMILES string of the molecule is CCOC(=O)C1=C(C)NC2=C(C(=O)C[C@@H](c3ccc(OC)cc3)C2)[C@@H]1c1cccs1. The number of allylic oxidation sites excluding steroid dienone is 3. The van der Waals surface area contributed by atoms with Crippen molar-refractivity contribution < 1.29 is 19.1 Å². The number of hydrogen-bond acceptors (Lipinski definition) is 6. The van der Waals surface area contributed by atoms with Gasteiger partial charge in [0.15, 0.2) is 5.78 Å². The van der Waals surface area contributed by atoms with Crippen molar-refractivity contribution in [2.24, 2.45) is 0 Å². The highest BCUT2D eigenvalue weighted by Gasteiger charge is 2.41. The maximum Gasteiger partial charge on any atom is 0.336 e. The third-order valence-corrected chi connectivity index (χ3v) is 6.68. The first-order valence-corrected chi connectivity index (χ1v) is 11.0. The second-order valence-corrected chi connectivity index (χ2v) is 8.51. The molecule has 0 unspecified atom stereocenters. The molecule has 2 aromatic rings. The monoisotopic (exact) mass is 423 g/mol. The van der Waals surface area contributed by atoms with Gasteiger partial charge in [0.05, 0.1) is 25.2 Å². The molecule has 2 heterocycles. The molecule has 0 saturated carbocycles. The molecule has 0 bridgehead atoms. The van der Waals surface area contributed by atoms with Gasteiger partial charge < -0.3 is 14.8 Å². The number of methoxy groups -OCH3 is 1. The van der Waals surface area contributed by atoms with E-state index in [1.807, 2.05) is 48.7 Å². The molecule has 0 spiro atoms. The highest BCUT2D eigenvalue weighted by molar-refractivity contribution is 7.10. The Bertz CT molecular complexity index is 1020. The zero-order valence-corrected chi connectivity index (χ0v) is 18.2. The summed E-state index contributed by atoms with van der Waals surface area (Å²) < 4.78 is 10.6. The average molecular weight is 424 g/mol. The van der Waals surface area contributed by atoms with Crippen LogP contribution in [0.3, 0.4) is 0 Å². The minimum Gasteiger partial charge on any atom is -0.497 e. The van der Waals surface area contributed by atoms with Crippen molar-refractivity contribution in [2.75, 3.05) is 13.7 Å². The average Bonchev–Trinajstić information content (AvgIpc) is 3.27. The molecule has 1 aliphatic carbocycles. The van der Waals surface area contributed by atoms with Crippen molar-refractivity contribution in [1.82, 2.24) is 5.32 Å². The Balaban J connectivity index is 1.73. The predicted molar refractivity (Wildman–Crippen MR) is 117 cm³/mol. The summed E-state index contributed by atoms with van der Waals surface area (Å²) in [5.74, 6) is 0.238. The largest absolute Gasteiger partial charge is 0.497 e. The number of ketones is 1. The van der Waals surface area contributed by atoms with Gasteiger partial charge in [0.25, 0.3) is 0 Å². The summed E-state index contributed by atoms with van der Waals surface area (Å²) in [6.07, 6.45) is 1.15. The van der Waals surface area contributed by atoms with Gasteiger partial charge in [-0.15, -0.1) is 11.3 Å². The van der Waals surface area contributed by atoms with Crippen LogP contribution in [0.5, 0.6) is 5.75 Å². The van der Waals surface area contributed by atoms with Crippen LogP contribution in [0.4, 0.5) is 0 Å². The van der Waals surface area contributed by atoms with Crippen molar-refractivity contribution in [3.8, 4) is 5.75 Å². The number of dihydropyridines is 1. The molecule has 0 amide bonds. The highest BCUT2D eigenvalue weighted by Crippen LogP contribution is 2.46. The van der Waals surface area contributed by atoms with Crippen LogP contribution < -0.4 is 10.1 Å². The van der Waals surface area contributed by atoms with Crippen LogP contribution in [0.25, 0.3) is 0 Å². The smallest absolute Gasteiger partial charge is 0.336 e. The lowest BCUT2D eigenvalue weighted by Crippen LogP contribution is -2.35. The van der Waals surface area contributed by atoms with Gasteiger partial charge in [0, 0.05) is 28.3 Å². The number of nitrogens with one attached hydrogen (secondary N) is 1. The van der Waals surface area contributed by atoms with Gasteiger partial charge in [-0.3, -0.25) is 4.79 Å². The zero-order valence-electron chi connectivity index (χ0n) is 17.4. The van der Waals surface area contributed by atoms with Gasteiger partial charge in [-0.25, -0.2) is 4.79 Å². The molecule has 0 saturated heterocycles. The van der Waals surface area contributed by atoms with Gasteiger partial charge in [-0.2, -0.15) is 0 Å². The van der Waals surface area contributed by atoms with E-state index in [-0.39, 0.29) is 23.6 Å². The van der Waals surface area contributed by atoms with Crippen LogP contribution in [-0.4, -0.2) is 25.5 Å². The summed E-state index contributed by atoms with van der Waals surface area (Å²) in [4.78, 5) is 27.1. The van der Waals surface area contributed by atoms with Crippen LogP contribution in [0.15, 0.2) is 64.3 Å². The second-order valence-electron chi connectivity index (χ2n) is 7.53. The fraction of sp³-hybridized carbons (Fsp3) is 0.333. The molecule has 30 heavy (non-hydrogen) atoms. The van der Waals surface area contributed by atoms with Gasteiger partial charge in [0.2, 0.25) is 0 Å². The fourth-order valence-corrected chi connectivity index (χ4v) is 5.21. The second kappa shape index (κ2) is 8.48. The number of carbonyl (C=O) groups excluding carboxylic acids is 2. The van der Waals surface area contributed by atoms with Crippen molar-refractivity contribution in [2.45, 2.75) is 38.5 Å². The fourth-order valence-electron chi connectivity index (χ4n) is 4.37. The standard InChI is InChI=1S/C24H25NO4S/c1-4-29-24(27)21-14(2)25-18-12-16(15-7-9-17(28-3)10-8-15)13-19(26)22(18)23(21)20-6-5-11-30-20/h5-11,16,23,25H,4,12-13H2,1-3H3/t16-,23+/m0/s1. The third kappa shape index (κ3) is 3.67. The van der Waals surface area contributed by atoms with E-state index < -0.39 is 0 Å². The molecule has 1 aliphatic heterocycles. The number of benzene rings is 1. The van der Waals surface area contributed by atoms with Crippen molar-refractivity contribution in [1.29, 1.82) is 0 Å². The molecule has 2 atom stereocenters. The number of rotatable bonds is 5. The van der Waals surface area contributed by atoms with Crippen LogP contribution in [0.2, 0.25) is 0 Å². The molecule has 0 radical (unpaired) electrons. The summed E-state index contributed by atoms with van der Waals surface area (Å²) in [5.41, 5.74) is 4.03. The Morgan fingerprint density at radius 1 is 1.20 bits per heavy atom. The normalized spacial score (nSPS) is 21.2. The third-order valence-electron chi connectivity index (χ3n) is 5.74. The molecule has 1 aromatic heterocycles. The summed E-state index contributed by atoms with van der Waals surface area (Å²) in [7, 11) is 1.64. The Labute approximate surface area is 180 Å². The summed E-state index contributed by atoms with van der Waals surface area (Å²) in [5, 5.41) is 5.35. The molecular weight excluding hydrogens is 398 g/mol. The molecule has 0 fully saturated rings. The van der Waals surface area contributed by atoms with Crippen molar-refractivity contribution in [3.05, 3.63) is 74.8 Å². The van der Waals surface area contributed by atoms with Crippen LogP contribution >= 0.6 is 11.3 Å². The number of hydrogen-bond donors (Lipinski definition) is 1. The van der Waals surface area contributed by atoms with Crippen LogP contribution in [-0.2, 0) is 14.3 Å². The van der Waals surface area contributed by atoms with Gasteiger partial charge in [0.1, 0.15) is 5.75 Å². The lowest BCUT2D eigenvalue weighted by Gasteiger charge is -2.36. The quantitative estimate of drug-likeness (QED) is 0.708. The number of ether oxygens (including phenoxy) is 2. The Kier molecular flexibility index (Phi) is 5.77. The Hall–Kier alpha value is -2.86. The maximum absolute atomic E-state index is 13.4. The van der Waals surface area contributed by atoms with Crippen molar-refractivity contribution >= 4 is 23.1 Å². The Morgan fingerprint density at radius 2 is 1.97 bits per heavy atom. The predicted octanol–water partition coefficient (Wildman–Crippen LogP) is 4.68. The summed E-state index contributed by atoms with van der Waals surface area (Å²) in [6, 6.07) is 11.8. The molecular formula is C24H25NO4S. The summed E-state index contributed by atoms with van der Waals surface area (Å²) >= 11 is 1.56. The Morgan fingerprint density at radius 3 is 2.60 bits per heavy atom. The lowest BCUT2D eigenvalue weighted by atomic mass is 9.73. The minimum absolute atomic E-state index is 0.0808.